The first-order valence-electron chi connectivity index (χ1n) is 1.39. The highest BCUT2D eigenvalue weighted by molar-refractivity contribution is 8.15. The molecular weight excluding hydrogens is 169 g/mol. The molecular formula is CH3NO3PS2+. The average molecular weight is 172 g/mol. The van der Waals surface area contributed by atoms with Crippen molar-refractivity contribution in [3.05, 3.63) is 0 Å². The molecule has 0 rings (SSSR count). The summed E-state index contributed by atoms with van der Waals surface area (Å²) in [4.78, 5) is 24.5. The molecule has 0 bridgehead atoms. The maximum Gasteiger partial charge on any atom is 0.552 e. The lowest BCUT2D eigenvalue weighted by molar-refractivity contribution is 0.363. The van der Waals surface area contributed by atoms with Crippen molar-refractivity contribution in [2.45, 2.75) is 0 Å². The standard InChI is InChI=1S/CH3NO3PS2/c3-6(4,5)8-2-1-7/h3-5H/q+1. The average Bonchev–Trinajstić information content (AvgIpc) is 1.59. The predicted molar refractivity (Wildman–Crippen MR) is 36.0 cm³/mol. The fourth-order valence-corrected chi connectivity index (χ4v) is 0.943. The van der Waals surface area contributed by atoms with Crippen molar-refractivity contribution >= 4 is 35.2 Å². The zero-order valence-corrected chi connectivity index (χ0v) is 6.08. The van der Waals surface area contributed by atoms with Gasteiger partial charge in [0.1, 0.15) is 5.16 Å². The molecule has 0 fully saturated rings. The van der Waals surface area contributed by atoms with Crippen LogP contribution in [0, 0.1) is 0 Å². The van der Waals surface area contributed by atoms with Gasteiger partial charge in [-0.25, -0.2) is 0 Å². The zero-order valence-electron chi connectivity index (χ0n) is 3.55. The predicted octanol–water partition coefficient (Wildman–Crippen LogP) is -0.259. The quantitative estimate of drug-likeness (QED) is 0.167. The minimum Gasteiger partial charge on any atom is -0.287 e. The first kappa shape index (κ1) is 8.33. The molecule has 0 aliphatic rings. The van der Waals surface area contributed by atoms with E-state index in [1.54, 1.807) is 0 Å². The van der Waals surface area contributed by atoms with Gasteiger partial charge >= 0.3 is 17.8 Å². The zero-order chi connectivity index (χ0) is 6.62. The van der Waals surface area contributed by atoms with E-state index < -0.39 is 6.72 Å². The van der Waals surface area contributed by atoms with Crippen molar-refractivity contribution in [3.63, 3.8) is 0 Å². The number of nitrogens with zero attached hydrogens (tertiary/aromatic N) is 1. The highest BCUT2D eigenvalue weighted by Crippen LogP contribution is 2.30. The number of rotatable bonds is 1. The Hall–Kier alpha value is 0.330. The smallest absolute Gasteiger partial charge is 0.287 e. The summed E-state index contributed by atoms with van der Waals surface area (Å²) in [5, 5.41) is 1.84. The molecule has 0 saturated carbocycles. The molecule has 0 aliphatic heterocycles. The van der Waals surface area contributed by atoms with E-state index >= 15 is 0 Å². The van der Waals surface area contributed by atoms with E-state index in [4.69, 9.17) is 14.7 Å². The SMILES string of the molecule is OP(O)(O)=[S+]N=C=S. The summed E-state index contributed by atoms with van der Waals surface area (Å²) in [6, 6.07) is 0. The van der Waals surface area contributed by atoms with E-state index in [0.29, 0.717) is 0 Å². The monoisotopic (exact) mass is 172 g/mol. The fourth-order valence-electron chi connectivity index (χ4n) is 0.0714. The van der Waals surface area contributed by atoms with Gasteiger partial charge in [-0.1, -0.05) is 0 Å². The Labute approximate surface area is 54.9 Å². The highest BCUT2D eigenvalue weighted by atomic mass is 32.5. The van der Waals surface area contributed by atoms with E-state index in [1.165, 1.54) is 0 Å². The van der Waals surface area contributed by atoms with Gasteiger partial charge in [0, 0.05) is 0 Å². The summed E-state index contributed by atoms with van der Waals surface area (Å²) in [6.07, 6.45) is 0. The molecule has 0 atom stereocenters. The lowest BCUT2D eigenvalue weighted by Crippen LogP contribution is -1.72. The van der Waals surface area contributed by atoms with Crippen LogP contribution in [0.3, 0.4) is 0 Å². The molecule has 0 heterocycles. The van der Waals surface area contributed by atoms with Crippen LogP contribution < -0.4 is 0 Å². The van der Waals surface area contributed by atoms with Crippen LogP contribution in [0.2, 0.25) is 0 Å². The Bertz CT molecular complexity index is 158. The molecule has 3 N–H and O–H groups in total. The van der Waals surface area contributed by atoms with Gasteiger partial charge in [0.05, 0.1) is 4.40 Å². The molecule has 0 unspecified atom stereocenters. The molecule has 0 radical (unpaired) electrons. The van der Waals surface area contributed by atoms with Gasteiger partial charge < -0.3 is 0 Å². The maximum atomic E-state index is 8.15. The van der Waals surface area contributed by atoms with E-state index in [1.807, 2.05) is 5.16 Å². The van der Waals surface area contributed by atoms with Gasteiger partial charge in [-0.15, -0.1) is 0 Å². The molecule has 7 heteroatoms. The summed E-state index contributed by atoms with van der Waals surface area (Å²) >= 11 is 4.29. The molecule has 0 aromatic heterocycles. The van der Waals surface area contributed by atoms with Crippen LogP contribution in [0.5, 0.6) is 0 Å². The van der Waals surface area contributed by atoms with Crippen LogP contribution in [-0.2, 0) is 11.1 Å². The molecule has 0 amide bonds. The summed E-state index contributed by atoms with van der Waals surface area (Å²) < 4.78 is 3.02. The van der Waals surface area contributed by atoms with Crippen LogP contribution in [0.15, 0.2) is 4.40 Å². The molecule has 0 spiro atoms. The minimum atomic E-state index is -3.81. The van der Waals surface area contributed by atoms with E-state index in [-0.39, 0.29) is 11.1 Å². The van der Waals surface area contributed by atoms with Gasteiger partial charge in [-0.2, -0.15) is 0 Å². The summed E-state index contributed by atoms with van der Waals surface area (Å²) in [5.41, 5.74) is 0. The Morgan fingerprint density at radius 2 is 2.00 bits per heavy atom. The molecule has 8 heavy (non-hydrogen) atoms. The highest BCUT2D eigenvalue weighted by Gasteiger charge is 2.18. The molecule has 4 nitrogen and oxygen atoms in total. The lowest BCUT2D eigenvalue weighted by Gasteiger charge is -1.78. The third kappa shape index (κ3) is 6.33. The van der Waals surface area contributed by atoms with Crippen molar-refractivity contribution in [1.29, 1.82) is 0 Å². The largest absolute Gasteiger partial charge is 0.552 e. The topological polar surface area (TPSA) is 73.0 Å². The lowest BCUT2D eigenvalue weighted by atomic mass is 11.8. The third-order valence-electron chi connectivity index (χ3n) is 0.188. The van der Waals surface area contributed by atoms with Crippen LogP contribution >= 0.6 is 18.9 Å². The second kappa shape index (κ2) is 3.37. The van der Waals surface area contributed by atoms with Gasteiger partial charge in [0.25, 0.3) is 0 Å². The van der Waals surface area contributed by atoms with Crippen LogP contribution in [-0.4, -0.2) is 19.8 Å². The van der Waals surface area contributed by atoms with Gasteiger partial charge in [0.2, 0.25) is 0 Å². The molecule has 0 saturated heterocycles. The van der Waals surface area contributed by atoms with Gasteiger partial charge in [-0.05, 0) is 12.2 Å². The molecule has 0 aromatic carbocycles. The molecule has 0 aromatic rings. The van der Waals surface area contributed by atoms with Crippen molar-refractivity contribution < 1.29 is 14.7 Å². The van der Waals surface area contributed by atoms with E-state index in [0.717, 1.165) is 0 Å². The Morgan fingerprint density at radius 3 is 2.12 bits per heavy atom. The van der Waals surface area contributed by atoms with Crippen molar-refractivity contribution in [3.8, 4) is 0 Å². The van der Waals surface area contributed by atoms with Crippen LogP contribution in [0.4, 0.5) is 0 Å². The number of hydrogen-bond acceptors (Lipinski definition) is 1. The first-order chi connectivity index (χ1) is 3.56. The fraction of sp³-hybridized carbons (Fsp3) is 0. The van der Waals surface area contributed by atoms with Gasteiger partial charge in [0.15, 0.2) is 0 Å². The summed E-state index contributed by atoms with van der Waals surface area (Å²) in [6.45, 7) is -3.81. The van der Waals surface area contributed by atoms with E-state index in [2.05, 4.69) is 16.6 Å². The van der Waals surface area contributed by atoms with Crippen molar-refractivity contribution in [2.24, 2.45) is 4.40 Å². The Balaban J connectivity index is 4.17. The Morgan fingerprint density at radius 1 is 1.50 bits per heavy atom. The molecule has 46 valence electrons. The number of isothiocyanates is 1. The van der Waals surface area contributed by atoms with Crippen molar-refractivity contribution in [1.82, 2.24) is 0 Å². The van der Waals surface area contributed by atoms with E-state index in [9.17, 15) is 0 Å². The van der Waals surface area contributed by atoms with Crippen LogP contribution in [0.25, 0.3) is 0 Å². The Kier molecular flexibility index (Phi) is 3.51. The normalized spacial score (nSPS) is 9.88. The summed E-state index contributed by atoms with van der Waals surface area (Å²) in [7, 11) is 0. The second-order valence-corrected chi connectivity index (χ2v) is 4.29. The summed E-state index contributed by atoms with van der Waals surface area (Å²) in [5.74, 6) is 0. The number of thiocarbonyl (C=S) groups is 1. The number of hydrogen-bond donors (Lipinski definition) is 3. The molecule has 0 aliphatic carbocycles. The van der Waals surface area contributed by atoms with Crippen LogP contribution in [0.1, 0.15) is 0 Å². The third-order valence-corrected chi connectivity index (χ3v) is 1.69. The van der Waals surface area contributed by atoms with Crippen molar-refractivity contribution in [2.75, 3.05) is 0 Å². The second-order valence-electron chi connectivity index (χ2n) is 0.778. The first-order valence-corrected chi connectivity index (χ1v) is 4.83. The van der Waals surface area contributed by atoms with Gasteiger partial charge in [-0.3, -0.25) is 14.7 Å². The minimum absolute atomic E-state index is 0.221. The maximum absolute atomic E-state index is 8.15.